The van der Waals surface area contributed by atoms with Crippen molar-refractivity contribution in [2.24, 2.45) is 0 Å². The zero-order valence-corrected chi connectivity index (χ0v) is 15.9. The quantitative estimate of drug-likeness (QED) is 0.646. The van der Waals surface area contributed by atoms with Crippen LogP contribution in [0.5, 0.6) is 0 Å². The predicted molar refractivity (Wildman–Crippen MR) is 106 cm³/mol. The van der Waals surface area contributed by atoms with Crippen molar-refractivity contribution in [1.82, 2.24) is 9.55 Å². The van der Waals surface area contributed by atoms with Crippen molar-refractivity contribution in [1.29, 1.82) is 0 Å². The van der Waals surface area contributed by atoms with Crippen LogP contribution in [-0.4, -0.2) is 9.55 Å². The van der Waals surface area contributed by atoms with E-state index in [2.05, 4.69) is 55.9 Å². The molecule has 0 atom stereocenters. The Kier molecular flexibility index (Phi) is 4.53. The van der Waals surface area contributed by atoms with E-state index in [0.29, 0.717) is 11.8 Å². The molecule has 0 spiro atoms. The molecule has 25 heavy (non-hydrogen) atoms. The van der Waals surface area contributed by atoms with Gasteiger partial charge in [0.25, 0.3) is 5.56 Å². The van der Waals surface area contributed by atoms with E-state index >= 15 is 0 Å². The summed E-state index contributed by atoms with van der Waals surface area (Å²) in [5.74, 6) is 3.31. The molecule has 0 saturated heterocycles. The highest BCUT2D eigenvalue weighted by Crippen LogP contribution is 2.32. The average molecular weight is 350 g/mol. The van der Waals surface area contributed by atoms with Gasteiger partial charge in [0.1, 0.15) is 10.7 Å². The van der Waals surface area contributed by atoms with Gasteiger partial charge in [-0.3, -0.25) is 9.36 Å². The minimum Gasteiger partial charge on any atom is -0.284 e. The fraction of sp³-hybridized carbons (Fsp3) is 0.333. The number of fused-ring (bicyclic) bond motifs is 1. The Bertz CT molecular complexity index is 1010. The number of hydrogen-bond donors (Lipinski definition) is 0. The van der Waals surface area contributed by atoms with Crippen LogP contribution in [0.1, 0.15) is 39.1 Å². The Morgan fingerprint density at radius 2 is 1.92 bits per heavy atom. The number of terminal acetylenes is 1. The molecule has 128 valence electrons. The highest BCUT2D eigenvalue weighted by Gasteiger charge is 2.17. The van der Waals surface area contributed by atoms with Crippen LogP contribution in [0.2, 0.25) is 0 Å². The number of hydrogen-bond acceptors (Lipinski definition) is 3. The van der Waals surface area contributed by atoms with E-state index in [1.54, 1.807) is 4.57 Å². The maximum atomic E-state index is 13.0. The van der Waals surface area contributed by atoms with Crippen molar-refractivity contribution < 1.29 is 0 Å². The van der Waals surface area contributed by atoms with Crippen molar-refractivity contribution in [3.8, 4) is 23.5 Å². The normalized spacial score (nSPS) is 11.6. The third-order valence-corrected chi connectivity index (χ3v) is 5.27. The summed E-state index contributed by atoms with van der Waals surface area (Å²) in [6.07, 6.45) is 6.12. The lowest BCUT2D eigenvalue weighted by Crippen LogP contribution is -2.24. The Labute approximate surface area is 152 Å². The molecule has 2 heterocycles. The van der Waals surface area contributed by atoms with Crippen molar-refractivity contribution in [2.75, 3.05) is 0 Å². The number of nitrogens with zero attached hydrogens (tertiary/aromatic N) is 2. The first-order valence-electron chi connectivity index (χ1n) is 8.42. The first-order chi connectivity index (χ1) is 11.9. The van der Waals surface area contributed by atoms with Gasteiger partial charge in [-0.25, -0.2) is 4.98 Å². The van der Waals surface area contributed by atoms with E-state index in [-0.39, 0.29) is 17.5 Å². The maximum Gasteiger partial charge on any atom is 0.263 e. The number of aryl methyl sites for hydroxylation is 1. The van der Waals surface area contributed by atoms with Crippen LogP contribution in [-0.2, 0) is 18.4 Å². The zero-order valence-electron chi connectivity index (χ0n) is 15.1. The Morgan fingerprint density at radius 1 is 1.24 bits per heavy atom. The molecule has 0 radical (unpaired) electrons. The summed E-state index contributed by atoms with van der Waals surface area (Å²) in [6.45, 7) is 8.81. The fourth-order valence-corrected chi connectivity index (χ4v) is 3.91. The van der Waals surface area contributed by atoms with Crippen LogP contribution in [0.15, 0.2) is 34.4 Å². The monoisotopic (exact) mass is 350 g/mol. The minimum atomic E-state index is -0.0454. The van der Waals surface area contributed by atoms with E-state index in [4.69, 9.17) is 6.42 Å². The molecule has 3 nitrogen and oxygen atoms in total. The molecule has 3 aromatic rings. The van der Waals surface area contributed by atoms with Gasteiger partial charge in [-0.1, -0.05) is 57.9 Å². The molecule has 1 aromatic carbocycles. The summed E-state index contributed by atoms with van der Waals surface area (Å²) >= 11 is 1.51. The summed E-state index contributed by atoms with van der Waals surface area (Å²) in [4.78, 5) is 18.5. The van der Waals surface area contributed by atoms with E-state index in [9.17, 15) is 4.79 Å². The van der Waals surface area contributed by atoms with Crippen LogP contribution < -0.4 is 5.56 Å². The topological polar surface area (TPSA) is 34.9 Å². The minimum absolute atomic E-state index is 0.0454. The van der Waals surface area contributed by atoms with Gasteiger partial charge >= 0.3 is 0 Å². The Balaban J connectivity index is 2.20. The summed E-state index contributed by atoms with van der Waals surface area (Å²) in [5.41, 5.74) is 3.30. The fourth-order valence-electron chi connectivity index (χ4n) is 2.95. The van der Waals surface area contributed by atoms with Crippen LogP contribution in [0.25, 0.3) is 21.3 Å². The number of thiophene rings is 1. The second kappa shape index (κ2) is 6.50. The molecular weight excluding hydrogens is 328 g/mol. The zero-order chi connectivity index (χ0) is 18.2. The second-order valence-electron chi connectivity index (χ2n) is 7.13. The Morgan fingerprint density at radius 3 is 2.48 bits per heavy atom. The number of benzene rings is 1. The van der Waals surface area contributed by atoms with Gasteiger partial charge in [0.2, 0.25) is 0 Å². The summed E-state index contributed by atoms with van der Waals surface area (Å²) in [5, 5.41) is 2.69. The van der Waals surface area contributed by atoms with E-state index in [1.165, 1.54) is 16.9 Å². The second-order valence-corrected chi connectivity index (χ2v) is 7.99. The largest absolute Gasteiger partial charge is 0.284 e. The number of aromatic nitrogens is 2. The average Bonchev–Trinajstić information content (AvgIpc) is 3.00. The van der Waals surface area contributed by atoms with Gasteiger partial charge < -0.3 is 0 Å². The van der Waals surface area contributed by atoms with Crippen molar-refractivity contribution in [2.45, 2.75) is 46.1 Å². The molecule has 0 fully saturated rings. The van der Waals surface area contributed by atoms with Gasteiger partial charge in [0, 0.05) is 17.4 Å². The lowest BCUT2D eigenvalue weighted by Gasteiger charge is -2.19. The Hall–Kier alpha value is -2.38. The van der Waals surface area contributed by atoms with Gasteiger partial charge in [0.15, 0.2) is 0 Å². The van der Waals surface area contributed by atoms with Crippen LogP contribution in [0.4, 0.5) is 0 Å². The molecule has 0 aliphatic heterocycles. The van der Waals surface area contributed by atoms with Gasteiger partial charge in [0.05, 0.1) is 11.9 Å². The first kappa shape index (κ1) is 17.4. The molecule has 4 heteroatoms. The van der Waals surface area contributed by atoms with E-state index in [1.807, 2.05) is 12.3 Å². The SMILES string of the molecule is C#CCn1c(CC)nc2scc(-c3ccc(C(C)(C)C)cc3)c2c1=O. The molecule has 3 rings (SSSR count). The van der Waals surface area contributed by atoms with Crippen LogP contribution in [0.3, 0.4) is 0 Å². The molecular formula is C21H22N2OS. The smallest absolute Gasteiger partial charge is 0.263 e. The van der Waals surface area contributed by atoms with Gasteiger partial charge in [-0.05, 0) is 16.5 Å². The third-order valence-electron chi connectivity index (χ3n) is 4.40. The van der Waals surface area contributed by atoms with Crippen LogP contribution in [0, 0.1) is 12.3 Å². The highest BCUT2D eigenvalue weighted by molar-refractivity contribution is 7.17. The maximum absolute atomic E-state index is 13.0. The van der Waals surface area contributed by atoms with Crippen molar-refractivity contribution in [3.63, 3.8) is 0 Å². The third kappa shape index (κ3) is 3.12. The molecule has 0 N–H and O–H groups in total. The molecule has 2 aromatic heterocycles. The molecule has 0 bridgehead atoms. The molecule has 0 unspecified atom stereocenters. The first-order valence-corrected chi connectivity index (χ1v) is 9.30. The van der Waals surface area contributed by atoms with Crippen molar-refractivity contribution >= 4 is 21.6 Å². The van der Waals surface area contributed by atoms with Crippen LogP contribution >= 0.6 is 11.3 Å². The lowest BCUT2D eigenvalue weighted by molar-refractivity contribution is 0.590. The summed E-state index contributed by atoms with van der Waals surface area (Å²) in [6, 6.07) is 8.43. The molecule has 0 aliphatic rings. The highest BCUT2D eigenvalue weighted by atomic mass is 32.1. The lowest BCUT2D eigenvalue weighted by atomic mass is 9.86. The van der Waals surface area contributed by atoms with E-state index in [0.717, 1.165) is 21.8 Å². The van der Waals surface area contributed by atoms with E-state index < -0.39 is 0 Å². The standard InChI is InChI=1S/C21H22N2OS/c1-6-12-23-17(7-2)22-19-18(20(23)24)16(13-25-19)14-8-10-15(11-9-14)21(3,4)5/h1,8-11,13H,7,12H2,2-5H3. The predicted octanol–water partition coefficient (Wildman–Crippen LogP) is 4.62. The van der Waals surface area contributed by atoms with Crippen molar-refractivity contribution in [3.05, 3.63) is 51.4 Å². The van der Waals surface area contributed by atoms with Gasteiger partial charge in [-0.15, -0.1) is 17.8 Å². The van der Waals surface area contributed by atoms with Gasteiger partial charge in [-0.2, -0.15) is 0 Å². The summed E-state index contributed by atoms with van der Waals surface area (Å²) in [7, 11) is 0. The molecule has 0 amide bonds. The summed E-state index contributed by atoms with van der Waals surface area (Å²) < 4.78 is 1.61. The number of rotatable bonds is 3. The molecule has 0 saturated carbocycles. The molecule has 0 aliphatic carbocycles.